The summed E-state index contributed by atoms with van der Waals surface area (Å²) in [5.41, 5.74) is -1.27. The van der Waals surface area contributed by atoms with E-state index >= 15 is 0 Å². The molecule has 0 aliphatic carbocycles. The summed E-state index contributed by atoms with van der Waals surface area (Å²) in [5.74, 6) is -0.430. The largest absolute Gasteiger partial charge is 0.492 e. The fraction of sp³-hybridized carbons (Fsp3) is 0.800. The lowest BCUT2D eigenvalue weighted by atomic mass is 9.93. The van der Waals surface area contributed by atoms with Gasteiger partial charge in [0.2, 0.25) is 0 Å². The molecular formula is C10H14O5. The number of ether oxygens (including phenoxy) is 4. The van der Waals surface area contributed by atoms with Crippen LogP contribution in [0.1, 0.15) is 13.8 Å². The predicted octanol–water partition coefficient (Wildman–Crippen LogP) is 0.138. The summed E-state index contributed by atoms with van der Waals surface area (Å²) < 4.78 is 21.9. The fourth-order valence-corrected chi connectivity index (χ4v) is 2.37. The van der Waals surface area contributed by atoms with E-state index in [1.54, 1.807) is 13.8 Å². The first-order valence-corrected chi connectivity index (χ1v) is 4.99. The number of rotatable bonds is 0. The molecule has 3 rings (SSSR count). The standard InChI is InChI=1S/C10H14O5/c1-5-10(11)6(4-12-5)13-8-7(10)14-9(2,3)15-8/h6-8,11H,1,4H2,2-3H3/t6-,7+,8-,10-/m1/s1. The molecule has 3 heterocycles. The minimum absolute atomic E-state index is 0.301. The lowest BCUT2D eigenvalue weighted by Gasteiger charge is -2.26. The molecule has 3 fully saturated rings. The summed E-state index contributed by atoms with van der Waals surface area (Å²) in [6, 6.07) is 0. The van der Waals surface area contributed by atoms with E-state index in [1.165, 1.54) is 0 Å². The van der Waals surface area contributed by atoms with Gasteiger partial charge in [0.25, 0.3) is 0 Å². The molecule has 4 atom stereocenters. The topological polar surface area (TPSA) is 57.2 Å². The second kappa shape index (κ2) is 2.55. The van der Waals surface area contributed by atoms with Crippen molar-refractivity contribution in [1.29, 1.82) is 0 Å². The highest BCUT2D eigenvalue weighted by molar-refractivity contribution is 5.23. The molecule has 0 radical (unpaired) electrons. The van der Waals surface area contributed by atoms with Crippen molar-refractivity contribution < 1.29 is 24.1 Å². The maximum Gasteiger partial charge on any atom is 0.191 e. The molecular weight excluding hydrogens is 200 g/mol. The van der Waals surface area contributed by atoms with Crippen molar-refractivity contribution in [1.82, 2.24) is 0 Å². The Morgan fingerprint density at radius 1 is 1.40 bits per heavy atom. The molecule has 5 heteroatoms. The SMILES string of the molecule is C=C1OC[C@H]2O[C@@H]3OC(C)(C)O[C@@H]3[C@@]12O. The monoisotopic (exact) mass is 214 g/mol. The summed E-state index contributed by atoms with van der Waals surface area (Å²) in [7, 11) is 0. The number of hydrogen-bond donors (Lipinski definition) is 1. The van der Waals surface area contributed by atoms with Crippen molar-refractivity contribution in [3.63, 3.8) is 0 Å². The van der Waals surface area contributed by atoms with Gasteiger partial charge < -0.3 is 24.1 Å². The van der Waals surface area contributed by atoms with Crippen LogP contribution in [0, 0.1) is 0 Å². The molecule has 3 saturated heterocycles. The Kier molecular flexibility index (Phi) is 1.63. The van der Waals surface area contributed by atoms with Gasteiger partial charge in [-0.1, -0.05) is 6.58 Å². The number of fused-ring (bicyclic) bond motifs is 3. The van der Waals surface area contributed by atoms with Gasteiger partial charge in [-0.25, -0.2) is 0 Å². The first kappa shape index (κ1) is 9.59. The van der Waals surface area contributed by atoms with Gasteiger partial charge in [-0.3, -0.25) is 0 Å². The molecule has 0 amide bonds. The highest BCUT2D eigenvalue weighted by atomic mass is 16.8. The Morgan fingerprint density at radius 2 is 2.13 bits per heavy atom. The van der Waals surface area contributed by atoms with Crippen LogP contribution in [0.2, 0.25) is 0 Å². The quantitative estimate of drug-likeness (QED) is 0.621. The number of aliphatic hydroxyl groups is 1. The molecule has 3 aliphatic rings. The van der Waals surface area contributed by atoms with Crippen LogP contribution < -0.4 is 0 Å². The van der Waals surface area contributed by atoms with Crippen molar-refractivity contribution in [3.05, 3.63) is 12.3 Å². The zero-order valence-electron chi connectivity index (χ0n) is 8.73. The Hall–Kier alpha value is -0.620. The predicted molar refractivity (Wildman–Crippen MR) is 48.7 cm³/mol. The van der Waals surface area contributed by atoms with Crippen LogP contribution in [-0.2, 0) is 18.9 Å². The minimum atomic E-state index is -1.27. The smallest absolute Gasteiger partial charge is 0.191 e. The van der Waals surface area contributed by atoms with Crippen LogP contribution in [-0.4, -0.2) is 41.6 Å². The van der Waals surface area contributed by atoms with E-state index in [9.17, 15) is 5.11 Å². The first-order valence-electron chi connectivity index (χ1n) is 4.99. The van der Waals surface area contributed by atoms with Crippen LogP contribution in [0.4, 0.5) is 0 Å². The van der Waals surface area contributed by atoms with Gasteiger partial charge in [0.05, 0.1) is 0 Å². The van der Waals surface area contributed by atoms with Crippen LogP contribution in [0.25, 0.3) is 0 Å². The van der Waals surface area contributed by atoms with Crippen molar-refractivity contribution in [2.24, 2.45) is 0 Å². The van der Waals surface area contributed by atoms with E-state index in [1.807, 2.05) is 0 Å². The van der Waals surface area contributed by atoms with Crippen LogP contribution in [0.5, 0.6) is 0 Å². The van der Waals surface area contributed by atoms with Crippen molar-refractivity contribution >= 4 is 0 Å². The highest BCUT2D eigenvalue weighted by Gasteiger charge is 2.67. The third-order valence-electron chi connectivity index (χ3n) is 3.14. The average molecular weight is 214 g/mol. The lowest BCUT2D eigenvalue weighted by molar-refractivity contribution is -0.219. The summed E-state index contributed by atoms with van der Waals surface area (Å²) in [5, 5.41) is 10.4. The molecule has 0 saturated carbocycles. The Bertz CT molecular complexity index is 326. The van der Waals surface area contributed by atoms with E-state index in [0.29, 0.717) is 12.4 Å². The third kappa shape index (κ3) is 1.06. The van der Waals surface area contributed by atoms with Crippen molar-refractivity contribution in [3.8, 4) is 0 Å². The second-order valence-electron chi connectivity index (χ2n) is 4.61. The molecule has 0 unspecified atom stereocenters. The Morgan fingerprint density at radius 3 is 2.87 bits per heavy atom. The summed E-state index contributed by atoms with van der Waals surface area (Å²) in [6.07, 6.45) is -1.51. The highest BCUT2D eigenvalue weighted by Crippen LogP contribution is 2.48. The fourth-order valence-electron chi connectivity index (χ4n) is 2.37. The van der Waals surface area contributed by atoms with Crippen LogP contribution >= 0.6 is 0 Å². The van der Waals surface area contributed by atoms with Gasteiger partial charge in [-0.15, -0.1) is 0 Å². The van der Waals surface area contributed by atoms with E-state index in [2.05, 4.69) is 6.58 Å². The van der Waals surface area contributed by atoms with Gasteiger partial charge in [0, 0.05) is 0 Å². The summed E-state index contributed by atoms with van der Waals surface area (Å²) >= 11 is 0. The second-order valence-corrected chi connectivity index (χ2v) is 4.61. The molecule has 0 bridgehead atoms. The van der Waals surface area contributed by atoms with E-state index in [0.717, 1.165) is 0 Å². The van der Waals surface area contributed by atoms with Gasteiger partial charge in [0.15, 0.2) is 23.8 Å². The Balaban J connectivity index is 1.95. The maximum atomic E-state index is 10.4. The van der Waals surface area contributed by atoms with Crippen molar-refractivity contribution in [2.75, 3.05) is 6.61 Å². The van der Waals surface area contributed by atoms with Gasteiger partial charge >= 0.3 is 0 Å². The Labute approximate surface area is 87.6 Å². The molecule has 5 nitrogen and oxygen atoms in total. The molecule has 0 spiro atoms. The summed E-state index contributed by atoms with van der Waals surface area (Å²) in [6.45, 7) is 7.56. The van der Waals surface area contributed by atoms with E-state index in [-0.39, 0.29) is 0 Å². The molecule has 1 N–H and O–H groups in total. The average Bonchev–Trinajstić information content (AvgIpc) is 2.65. The van der Waals surface area contributed by atoms with Crippen LogP contribution in [0.15, 0.2) is 12.3 Å². The molecule has 0 aromatic heterocycles. The molecule has 0 aromatic carbocycles. The van der Waals surface area contributed by atoms with Crippen LogP contribution in [0.3, 0.4) is 0 Å². The normalized spacial score (nSPS) is 51.4. The summed E-state index contributed by atoms with van der Waals surface area (Å²) in [4.78, 5) is 0. The van der Waals surface area contributed by atoms with E-state index < -0.39 is 29.9 Å². The molecule has 15 heavy (non-hydrogen) atoms. The van der Waals surface area contributed by atoms with Gasteiger partial charge in [-0.2, -0.15) is 0 Å². The van der Waals surface area contributed by atoms with E-state index in [4.69, 9.17) is 18.9 Å². The zero-order chi connectivity index (χ0) is 10.8. The zero-order valence-corrected chi connectivity index (χ0v) is 8.73. The van der Waals surface area contributed by atoms with Gasteiger partial charge in [0.1, 0.15) is 18.5 Å². The third-order valence-corrected chi connectivity index (χ3v) is 3.14. The first-order chi connectivity index (χ1) is 6.93. The van der Waals surface area contributed by atoms with Gasteiger partial charge in [-0.05, 0) is 13.8 Å². The lowest BCUT2D eigenvalue weighted by Crippen LogP contribution is -2.47. The molecule has 84 valence electrons. The molecule has 3 aliphatic heterocycles. The maximum absolute atomic E-state index is 10.4. The number of hydrogen-bond acceptors (Lipinski definition) is 5. The minimum Gasteiger partial charge on any atom is -0.492 e. The van der Waals surface area contributed by atoms with Crippen molar-refractivity contribution in [2.45, 2.75) is 43.7 Å². The molecule has 0 aromatic rings.